The molecule has 1 saturated heterocycles. The number of rotatable bonds is 6. The van der Waals surface area contributed by atoms with Gasteiger partial charge >= 0.3 is 5.97 Å². The van der Waals surface area contributed by atoms with Gasteiger partial charge < -0.3 is 15.0 Å². The summed E-state index contributed by atoms with van der Waals surface area (Å²) < 4.78 is 5.37. The lowest BCUT2D eigenvalue weighted by atomic mass is 10.0. The number of carbonyl (C=O) groups is 3. The highest BCUT2D eigenvalue weighted by Crippen LogP contribution is 2.30. The fraction of sp³-hybridized carbons (Fsp3) is 0.471. The average molecular weight is 318 g/mol. The van der Waals surface area contributed by atoms with Crippen LogP contribution in [0.15, 0.2) is 30.3 Å². The van der Waals surface area contributed by atoms with Crippen LogP contribution < -0.4 is 5.32 Å². The molecule has 6 heteroatoms. The molecule has 1 aromatic carbocycles. The van der Waals surface area contributed by atoms with E-state index in [1.165, 1.54) is 4.90 Å². The standard InChI is InChI=1S/C17H22N2O4/c1-12-8-15(19(13(12)2)16(21)9-18-11-20)17(22)23-10-14-6-4-3-5-7-14/h3-7,11-13,15H,8-10H2,1-2H3,(H,18,20)/t12-,13?,15?/m0/s1. The molecule has 1 heterocycles. The molecule has 2 unspecified atom stereocenters. The number of carbonyl (C=O) groups excluding carboxylic acids is 3. The molecule has 0 saturated carbocycles. The molecule has 1 fully saturated rings. The second kappa shape index (κ2) is 7.76. The number of amides is 2. The first kappa shape index (κ1) is 17.0. The van der Waals surface area contributed by atoms with E-state index in [1.54, 1.807) is 0 Å². The first-order chi connectivity index (χ1) is 11.0. The highest BCUT2D eigenvalue weighted by atomic mass is 16.5. The van der Waals surface area contributed by atoms with Crippen molar-refractivity contribution in [3.8, 4) is 0 Å². The lowest BCUT2D eigenvalue weighted by Gasteiger charge is -2.27. The van der Waals surface area contributed by atoms with Crippen molar-refractivity contribution in [3.63, 3.8) is 0 Å². The molecule has 2 amide bonds. The maximum absolute atomic E-state index is 12.4. The van der Waals surface area contributed by atoms with E-state index in [0.29, 0.717) is 12.8 Å². The molecule has 0 bridgehead atoms. The smallest absolute Gasteiger partial charge is 0.329 e. The van der Waals surface area contributed by atoms with Gasteiger partial charge in [0.2, 0.25) is 12.3 Å². The molecule has 1 aliphatic rings. The van der Waals surface area contributed by atoms with Crippen molar-refractivity contribution in [3.05, 3.63) is 35.9 Å². The van der Waals surface area contributed by atoms with Crippen LogP contribution in [0, 0.1) is 5.92 Å². The predicted molar refractivity (Wildman–Crippen MR) is 84.2 cm³/mol. The summed E-state index contributed by atoms with van der Waals surface area (Å²) >= 11 is 0. The minimum atomic E-state index is -0.593. The maximum atomic E-state index is 12.4. The zero-order valence-corrected chi connectivity index (χ0v) is 13.4. The van der Waals surface area contributed by atoms with E-state index in [4.69, 9.17) is 4.74 Å². The molecule has 3 atom stereocenters. The Morgan fingerprint density at radius 3 is 2.65 bits per heavy atom. The summed E-state index contributed by atoms with van der Waals surface area (Å²) in [6.07, 6.45) is 1.05. The summed E-state index contributed by atoms with van der Waals surface area (Å²) in [6.45, 7) is 3.99. The van der Waals surface area contributed by atoms with Crippen LogP contribution in [0.1, 0.15) is 25.8 Å². The third-order valence-corrected chi connectivity index (χ3v) is 4.31. The molecular formula is C17H22N2O4. The van der Waals surface area contributed by atoms with E-state index >= 15 is 0 Å². The number of hydrogen-bond acceptors (Lipinski definition) is 4. The van der Waals surface area contributed by atoms with Gasteiger partial charge in [-0.25, -0.2) is 4.79 Å². The van der Waals surface area contributed by atoms with E-state index in [9.17, 15) is 14.4 Å². The first-order valence-electron chi connectivity index (χ1n) is 7.73. The van der Waals surface area contributed by atoms with Gasteiger partial charge in [-0.1, -0.05) is 37.3 Å². The molecule has 2 rings (SSSR count). The molecule has 0 radical (unpaired) electrons. The van der Waals surface area contributed by atoms with Crippen molar-refractivity contribution in [2.45, 2.75) is 39.0 Å². The summed E-state index contributed by atoms with van der Waals surface area (Å²) in [4.78, 5) is 36.5. The SMILES string of the molecule is CC1[C@@H](C)CC(C(=O)OCc2ccccc2)N1C(=O)CNC=O. The molecule has 1 aliphatic heterocycles. The lowest BCUT2D eigenvalue weighted by molar-refractivity contribution is -0.155. The summed E-state index contributed by atoms with van der Waals surface area (Å²) in [7, 11) is 0. The van der Waals surface area contributed by atoms with Gasteiger partial charge in [-0.05, 0) is 24.8 Å². The van der Waals surface area contributed by atoms with Gasteiger partial charge in [0.15, 0.2) is 0 Å². The van der Waals surface area contributed by atoms with Crippen molar-refractivity contribution in [2.75, 3.05) is 6.54 Å². The third kappa shape index (κ3) is 4.09. The molecule has 1 aromatic rings. The molecule has 0 aromatic heterocycles. The number of hydrogen-bond donors (Lipinski definition) is 1. The Balaban J connectivity index is 2.01. The quantitative estimate of drug-likeness (QED) is 0.629. The number of nitrogens with zero attached hydrogens (tertiary/aromatic N) is 1. The van der Waals surface area contributed by atoms with Crippen molar-refractivity contribution >= 4 is 18.3 Å². The second-order valence-corrected chi connectivity index (χ2v) is 5.86. The van der Waals surface area contributed by atoms with Crippen LogP contribution in [-0.2, 0) is 25.7 Å². The Morgan fingerprint density at radius 2 is 2.00 bits per heavy atom. The van der Waals surface area contributed by atoms with Gasteiger partial charge in [0.1, 0.15) is 12.6 Å². The lowest BCUT2D eigenvalue weighted by Crippen LogP contribution is -2.48. The minimum Gasteiger partial charge on any atom is -0.459 e. The second-order valence-electron chi connectivity index (χ2n) is 5.86. The molecule has 124 valence electrons. The normalized spacial score (nSPS) is 23.4. The first-order valence-corrected chi connectivity index (χ1v) is 7.73. The minimum absolute atomic E-state index is 0.0646. The van der Waals surface area contributed by atoms with Crippen molar-refractivity contribution in [2.24, 2.45) is 5.92 Å². The molecular weight excluding hydrogens is 296 g/mol. The third-order valence-electron chi connectivity index (χ3n) is 4.31. The van der Waals surface area contributed by atoms with E-state index in [-0.39, 0.29) is 31.0 Å². The number of nitrogens with one attached hydrogen (secondary N) is 1. The van der Waals surface area contributed by atoms with Crippen LogP contribution in [0.2, 0.25) is 0 Å². The highest BCUT2D eigenvalue weighted by Gasteiger charge is 2.43. The fourth-order valence-electron chi connectivity index (χ4n) is 2.88. The van der Waals surface area contributed by atoms with Crippen LogP contribution in [0.3, 0.4) is 0 Å². The van der Waals surface area contributed by atoms with Gasteiger partial charge in [0, 0.05) is 6.04 Å². The van der Waals surface area contributed by atoms with E-state index in [2.05, 4.69) is 5.32 Å². The molecule has 0 aliphatic carbocycles. The van der Waals surface area contributed by atoms with Crippen LogP contribution in [0.4, 0.5) is 0 Å². The Kier molecular flexibility index (Phi) is 5.73. The zero-order chi connectivity index (χ0) is 16.8. The van der Waals surface area contributed by atoms with Gasteiger partial charge in [-0.2, -0.15) is 0 Å². The number of benzene rings is 1. The van der Waals surface area contributed by atoms with Gasteiger partial charge in [-0.3, -0.25) is 9.59 Å². The van der Waals surface area contributed by atoms with Crippen LogP contribution >= 0.6 is 0 Å². The summed E-state index contributed by atoms with van der Waals surface area (Å²) in [5, 5.41) is 2.35. The number of likely N-dealkylation sites (tertiary alicyclic amines) is 1. The van der Waals surface area contributed by atoms with Gasteiger partial charge in [0.05, 0.1) is 6.54 Å². The van der Waals surface area contributed by atoms with Crippen LogP contribution in [0.25, 0.3) is 0 Å². The van der Waals surface area contributed by atoms with Crippen molar-refractivity contribution in [1.82, 2.24) is 10.2 Å². The van der Waals surface area contributed by atoms with Crippen LogP contribution in [0.5, 0.6) is 0 Å². The van der Waals surface area contributed by atoms with E-state index < -0.39 is 12.0 Å². The Bertz CT molecular complexity index is 561. The Hall–Kier alpha value is -2.37. The molecule has 1 N–H and O–H groups in total. The average Bonchev–Trinajstić information content (AvgIpc) is 2.87. The maximum Gasteiger partial charge on any atom is 0.329 e. The number of esters is 1. The molecule has 6 nitrogen and oxygen atoms in total. The topological polar surface area (TPSA) is 75.7 Å². The summed E-state index contributed by atoms with van der Waals surface area (Å²) in [5.74, 6) is -0.468. The summed E-state index contributed by atoms with van der Waals surface area (Å²) in [6, 6.07) is 8.75. The van der Waals surface area contributed by atoms with E-state index in [1.807, 2.05) is 44.2 Å². The fourth-order valence-corrected chi connectivity index (χ4v) is 2.88. The molecule has 0 spiro atoms. The Labute approximate surface area is 135 Å². The van der Waals surface area contributed by atoms with Gasteiger partial charge in [0.25, 0.3) is 0 Å². The van der Waals surface area contributed by atoms with Crippen molar-refractivity contribution in [1.29, 1.82) is 0 Å². The Morgan fingerprint density at radius 1 is 1.30 bits per heavy atom. The summed E-state index contributed by atoms with van der Waals surface area (Å²) in [5.41, 5.74) is 0.903. The number of ether oxygens (including phenoxy) is 1. The monoisotopic (exact) mass is 318 g/mol. The predicted octanol–water partition coefficient (Wildman–Crippen LogP) is 1.10. The highest BCUT2D eigenvalue weighted by molar-refractivity contribution is 5.87. The van der Waals surface area contributed by atoms with Crippen LogP contribution in [-0.4, -0.2) is 41.8 Å². The van der Waals surface area contributed by atoms with Crippen molar-refractivity contribution < 1.29 is 19.1 Å². The van der Waals surface area contributed by atoms with Gasteiger partial charge in [-0.15, -0.1) is 0 Å². The van der Waals surface area contributed by atoms with E-state index in [0.717, 1.165) is 5.56 Å². The largest absolute Gasteiger partial charge is 0.459 e. The molecule has 23 heavy (non-hydrogen) atoms. The zero-order valence-electron chi connectivity index (χ0n) is 13.4.